The number of aromatic nitrogens is 3. The number of carbonyl (C=O) groups excluding carboxylic acids is 1. The van der Waals surface area contributed by atoms with Crippen LogP contribution >= 0.6 is 11.6 Å². The van der Waals surface area contributed by atoms with Gasteiger partial charge in [-0.15, -0.1) is 0 Å². The SMILES string of the molecule is C=CC(=O)N1CCC[C@H]1c1nc(-c2ccc(Oc3cccc(Cl)c3F)cc2)c2cnccn12. The molecule has 4 aromatic rings. The first-order valence-electron chi connectivity index (χ1n) is 10.5. The van der Waals surface area contributed by atoms with E-state index >= 15 is 0 Å². The van der Waals surface area contributed by atoms with Crippen molar-refractivity contribution in [3.8, 4) is 22.8 Å². The second-order valence-corrected chi connectivity index (χ2v) is 8.13. The highest BCUT2D eigenvalue weighted by molar-refractivity contribution is 6.30. The van der Waals surface area contributed by atoms with E-state index < -0.39 is 5.82 Å². The van der Waals surface area contributed by atoms with E-state index in [-0.39, 0.29) is 22.7 Å². The minimum atomic E-state index is -0.603. The number of hydrogen-bond acceptors (Lipinski definition) is 4. The Morgan fingerprint density at radius 2 is 2.06 bits per heavy atom. The number of benzene rings is 2. The third-order valence-corrected chi connectivity index (χ3v) is 6.05. The van der Waals surface area contributed by atoms with Crippen molar-refractivity contribution in [3.63, 3.8) is 0 Å². The van der Waals surface area contributed by atoms with Gasteiger partial charge in [-0.3, -0.25) is 14.2 Å². The molecule has 2 aromatic carbocycles. The fourth-order valence-corrected chi connectivity index (χ4v) is 4.36. The Labute approximate surface area is 194 Å². The van der Waals surface area contributed by atoms with E-state index in [0.717, 1.165) is 35.4 Å². The Bertz CT molecular complexity index is 1350. The van der Waals surface area contributed by atoms with E-state index in [1.54, 1.807) is 30.6 Å². The molecule has 5 rings (SSSR count). The molecule has 1 saturated heterocycles. The van der Waals surface area contributed by atoms with E-state index in [1.807, 2.05) is 27.6 Å². The number of hydrogen-bond donors (Lipinski definition) is 0. The minimum absolute atomic E-state index is 0.00419. The van der Waals surface area contributed by atoms with Crippen LogP contribution in [0.5, 0.6) is 11.5 Å². The summed E-state index contributed by atoms with van der Waals surface area (Å²) in [5.41, 5.74) is 2.43. The lowest BCUT2D eigenvalue weighted by molar-refractivity contribution is -0.127. The van der Waals surface area contributed by atoms with Crippen molar-refractivity contribution in [2.45, 2.75) is 18.9 Å². The summed E-state index contributed by atoms with van der Waals surface area (Å²) >= 11 is 5.83. The maximum Gasteiger partial charge on any atom is 0.246 e. The number of nitrogens with zero attached hydrogens (tertiary/aromatic N) is 4. The topological polar surface area (TPSA) is 59.7 Å². The summed E-state index contributed by atoms with van der Waals surface area (Å²) in [6.07, 6.45) is 8.40. The monoisotopic (exact) mass is 462 g/mol. The Morgan fingerprint density at radius 1 is 1.24 bits per heavy atom. The van der Waals surface area contributed by atoms with E-state index in [9.17, 15) is 9.18 Å². The number of imidazole rings is 1. The van der Waals surface area contributed by atoms with Crippen molar-refractivity contribution in [2.75, 3.05) is 6.54 Å². The van der Waals surface area contributed by atoms with Crippen LogP contribution in [0.1, 0.15) is 24.7 Å². The molecule has 0 saturated carbocycles. The largest absolute Gasteiger partial charge is 0.454 e. The van der Waals surface area contributed by atoms with Gasteiger partial charge < -0.3 is 9.64 Å². The van der Waals surface area contributed by atoms with Crippen molar-refractivity contribution in [3.05, 3.63) is 90.4 Å². The number of rotatable bonds is 5. The fourth-order valence-electron chi connectivity index (χ4n) is 4.20. The van der Waals surface area contributed by atoms with Gasteiger partial charge in [-0.2, -0.15) is 0 Å². The standard InChI is InChI=1S/C25H20ClFN4O2/c1-2-22(32)30-13-4-6-19(30)25-29-24(20-15-28-12-14-31(20)25)16-8-10-17(11-9-16)33-21-7-3-5-18(26)23(21)27/h2-3,5,7-12,14-15,19H,1,4,6,13H2/t19-/m0/s1. The molecule has 0 radical (unpaired) electrons. The van der Waals surface area contributed by atoms with Crippen LogP contribution in [0.25, 0.3) is 16.8 Å². The molecule has 0 aliphatic carbocycles. The Hall–Kier alpha value is -3.71. The first-order chi connectivity index (χ1) is 16.1. The summed E-state index contributed by atoms with van der Waals surface area (Å²) in [7, 11) is 0. The van der Waals surface area contributed by atoms with Gasteiger partial charge in [-0.25, -0.2) is 9.37 Å². The molecule has 2 aromatic heterocycles. The maximum absolute atomic E-state index is 14.2. The number of halogens is 2. The van der Waals surface area contributed by atoms with Crippen molar-refractivity contribution in [2.24, 2.45) is 0 Å². The van der Waals surface area contributed by atoms with Crippen molar-refractivity contribution < 1.29 is 13.9 Å². The van der Waals surface area contributed by atoms with E-state index in [2.05, 4.69) is 11.6 Å². The number of ether oxygens (including phenoxy) is 1. The fraction of sp³-hybridized carbons (Fsp3) is 0.160. The molecule has 33 heavy (non-hydrogen) atoms. The smallest absolute Gasteiger partial charge is 0.246 e. The van der Waals surface area contributed by atoms with Crippen LogP contribution in [0, 0.1) is 5.82 Å². The van der Waals surface area contributed by atoms with Crippen molar-refractivity contribution in [1.82, 2.24) is 19.3 Å². The zero-order valence-electron chi connectivity index (χ0n) is 17.6. The average Bonchev–Trinajstić information content (AvgIpc) is 3.47. The van der Waals surface area contributed by atoms with Gasteiger partial charge in [0.15, 0.2) is 11.6 Å². The molecule has 0 spiro atoms. The maximum atomic E-state index is 14.2. The molecular weight excluding hydrogens is 443 g/mol. The van der Waals surface area contributed by atoms with Gasteiger partial charge in [0, 0.05) is 24.5 Å². The van der Waals surface area contributed by atoms with Gasteiger partial charge in [0.2, 0.25) is 5.91 Å². The van der Waals surface area contributed by atoms with Crippen molar-refractivity contribution in [1.29, 1.82) is 0 Å². The summed E-state index contributed by atoms with van der Waals surface area (Å²) in [6.45, 7) is 4.30. The molecule has 6 nitrogen and oxygen atoms in total. The predicted octanol–water partition coefficient (Wildman–Crippen LogP) is 5.83. The normalized spacial score (nSPS) is 15.7. The van der Waals surface area contributed by atoms with Gasteiger partial charge in [0.05, 0.1) is 28.5 Å². The highest BCUT2D eigenvalue weighted by Crippen LogP contribution is 2.36. The number of amides is 1. The number of likely N-dealkylation sites (tertiary alicyclic amines) is 1. The van der Waals surface area contributed by atoms with Crippen LogP contribution < -0.4 is 4.74 Å². The highest BCUT2D eigenvalue weighted by Gasteiger charge is 2.32. The summed E-state index contributed by atoms with van der Waals surface area (Å²) in [5.74, 6) is 0.619. The molecule has 1 aliphatic rings. The number of carbonyl (C=O) groups is 1. The Kier molecular flexibility index (Phi) is 5.56. The van der Waals surface area contributed by atoms with Crippen LogP contribution in [-0.2, 0) is 4.79 Å². The number of fused-ring (bicyclic) bond motifs is 1. The molecule has 3 heterocycles. The van der Waals surface area contributed by atoms with Gasteiger partial charge in [-0.05, 0) is 55.3 Å². The van der Waals surface area contributed by atoms with E-state index in [0.29, 0.717) is 12.3 Å². The summed E-state index contributed by atoms with van der Waals surface area (Å²) in [6, 6.07) is 11.7. The third-order valence-electron chi connectivity index (χ3n) is 5.75. The van der Waals surface area contributed by atoms with E-state index in [1.165, 1.54) is 18.2 Å². The summed E-state index contributed by atoms with van der Waals surface area (Å²) in [5, 5.41) is 0.00419. The second kappa shape index (κ2) is 8.67. The molecule has 0 N–H and O–H groups in total. The van der Waals surface area contributed by atoms with Gasteiger partial charge >= 0.3 is 0 Å². The van der Waals surface area contributed by atoms with Crippen LogP contribution in [0.4, 0.5) is 4.39 Å². The molecule has 1 atom stereocenters. The first-order valence-corrected chi connectivity index (χ1v) is 10.9. The van der Waals surface area contributed by atoms with Crippen LogP contribution in [0.15, 0.2) is 73.7 Å². The average molecular weight is 463 g/mol. The lowest BCUT2D eigenvalue weighted by Crippen LogP contribution is -2.29. The minimum Gasteiger partial charge on any atom is -0.454 e. The zero-order chi connectivity index (χ0) is 22.9. The van der Waals surface area contributed by atoms with E-state index in [4.69, 9.17) is 21.3 Å². The quantitative estimate of drug-likeness (QED) is 0.350. The highest BCUT2D eigenvalue weighted by atomic mass is 35.5. The molecule has 166 valence electrons. The van der Waals surface area contributed by atoms with Crippen LogP contribution in [0.2, 0.25) is 5.02 Å². The molecule has 1 aliphatic heterocycles. The molecule has 1 fully saturated rings. The molecule has 0 bridgehead atoms. The lowest BCUT2D eigenvalue weighted by Gasteiger charge is -2.22. The van der Waals surface area contributed by atoms with Crippen LogP contribution in [0.3, 0.4) is 0 Å². The van der Waals surface area contributed by atoms with Gasteiger partial charge in [-0.1, -0.05) is 24.2 Å². The summed E-state index contributed by atoms with van der Waals surface area (Å²) in [4.78, 5) is 23.3. The zero-order valence-corrected chi connectivity index (χ0v) is 18.4. The lowest BCUT2D eigenvalue weighted by atomic mass is 10.1. The third kappa shape index (κ3) is 3.85. The van der Waals surface area contributed by atoms with Crippen molar-refractivity contribution >= 4 is 23.0 Å². The van der Waals surface area contributed by atoms with Gasteiger partial charge in [0.25, 0.3) is 0 Å². The second-order valence-electron chi connectivity index (χ2n) is 7.72. The Balaban J connectivity index is 1.50. The van der Waals surface area contributed by atoms with Crippen LogP contribution in [-0.4, -0.2) is 31.7 Å². The molecular formula is C25H20ClFN4O2. The first kappa shape index (κ1) is 21.2. The molecule has 8 heteroatoms. The Morgan fingerprint density at radius 3 is 2.85 bits per heavy atom. The summed E-state index contributed by atoms with van der Waals surface area (Å²) < 4.78 is 21.8. The molecule has 0 unspecified atom stereocenters. The predicted molar refractivity (Wildman–Crippen MR) is 124 cm³/mol. The van der Waals surface area contributed by atoms with Gasteiger partial charge in [0.1, 0.15) is 11.6 Å². The molecule has 1 amide bonds.